The third-order valence-electron chi connectivity index (χ3n) is 8.23. The molecule has 18 heteroatoms. The van der Waals surface area contributed by atoms with Gasteiger partial charge in [0.2, 0.25) is 11.8 Å². The normalized spacial score (nSPS) is 15.0. The number of benzene rings is 1. The maximum atomic E-state index is 12.9. The number of carbonyl (C=O) groups excluding carboxylic acids is 1. The lowest BCUT2D eigenvalue weighted by molar-refractivity contribution is 0.0320. The largest absolute Gasteiger partial charge is 0.476 e. The Labute approximate surface area is 311 Å². The number of aryl methyl sites for hydroxylation is 1. The maximum Gasteiger partial charge on any atom is 0.257 e. The molecule has 0 saturated carbocycles. The molecule has 2 aliphatic rings. The van der Waals surface area contributed by atoms with E-state index in [1.54, 1.807) is 48.7 Å². The third kappa shape index (κ3) is 10.3. The van der Waals surface area contributed by atoms with Crippen molar-refractivity contribution in [1.29, 1.82) is 0 Å². The Morgan fingerprint density at radius 2 is 1.67 bits per heavy atom. The number of hydrogen-bond acceptors (Lipinski definition) is 14. The summed E-state index contributed by atoms with van der Waals surface area (Å²) >= 11 is 5.55. The number of alkyl halides is 1. The lowest BCUT2D eigenvalue weighted by Gasteiger charge is -2.26. The summed E-state index contributed by atoms with van der Waals surface area (Å²) in [6.07, 6.45) is 3.10. The lowest BCUT2D eigenvalue weighted by Crippen LogP contribution is -2.38. The number of rotatable bonds is 12. The second kappa shape index (κ2) is 19.3. The fraction of sp³-hybridized carbons (Fsp3) is 0.412. The van der Waals surface area contributed by atoms with Crippen LogP contribution < -0.4 is 20.5 Å². The zero-order chi connectivity index (χ0) is 35.4. The number of amides is 1. The van der Waals surface area contributed by atoms with E-state index >= 15 is 0 Å². The zero-order valence-electron chi connectivity index (χ0n) is 28.8. The summed E-state index contributed by atoms with van der Waals surface area (Å²) in [7, 11) is 0. The summed E-state index contributed by atoms with van der Waals surface area (Å²) < 4.78 is 28.9. The number of hydrogen-bond donors (Lipinski definition) is 2. The molecule has 5 aromatic rings. The average Bonchev–Trinajstić information content (AvgIpc) is 3.75. The quantitative estimate of drug-likeness (QED) is 0.173. The van der Waals surface area contributed by atoms with Crippen LogP contribution in [0.2, 0.25) is 0 Å². The average molecular weight is 758 g/mol. The Balaban J connectivity index is 0.000000458. The van der Waals surface area contributed by atoms with E-state index < -0.39 is 0 Å². The first-order chi connectivity index (χ1) is 25.0. The summed E-state index contributed by atoms with van der Waals surface area (Å²) in [6.45, 7) is 12.0. The molecule has 0 unspecified atom stereocenters. The SMILES string of the molecule is CCn1c(-c2nonc2N)nc2cnc(Oc3cccc(NC(=O)c4ccc(OCCN5CCOCC5)nc4)c3)cc21.Cl.ClCCN1CCOCC1. The van der Waals surface area contributed by atoms with E-state index in [-0.39, 0.29) is 24.1 Å². The van der Waals surface area contributed by atoms with Crippen molar-refractivity contribution in [2.24, 2.45) is 0 Å². The fourth-order valence-corrected chi connectivity index (χ4v) is 5.77. The van der Waals surface area contributed by atoms with Crippen LogP contribution >= 0.6 is 24.0 Å². The predicted octanol–water partition coefficient (Wildman–Crippen LogP) is 4.21. The highest BCUT2D eigenvalue weighted by Gasteiger charge is 2.19. The molecule has 0 spiro atoms. The number of nitrogens with two attached hydrogens (primary N) is 1. The van der Waals surface area contributed by atoms with Gasteiger partial charge >= 0.3 is 0 Å². The van der Waals surface area contributed by atoms with Gasteiger partial charge < -0.3 is 34.6 Å². The van der Waals surface area contributed by atoms with Gasteiger partial charge in [0.25, 0.3) is 5.91 Å². The van der Waals surface area contributed by atoms with E-state index in [2.05, 4.69) is 40.4 Å². The van der Waals surface area contributed by atoms with Crippen molar-refractivity contribution < 1.29 is 28.4 Å². The summed E-state index contributed by atoms with van der Waals surface area (Å²) in [5.41, 5.74) is 8.62. The van der Waals surface area contributed by atoms with Crippen LogP contribution in [0.25, 0.3) is 22.6 Å². The summed E-state index contributed by atoms with van der Waals surface area (Å²) in [4.78, 5) is 30.7. The number of pyridine rings is 2. The highest BCUT2D eigenvalue weighted by Crippen LogP contribution is 2.30. The number of fused-ring (bicyclic) bond motifs is 1. The maximum absolute atomic E-state index is 12.9. The van der Waals surface area contributed by atoms with Gasteiger partial charge in [0.15, 0.2) is 17.3 Å². The van der Waals surface area contributed by atoms with Crippen molar-refractivity contribution in [3.05, 3.63) is 60.4 Å². The van der Waals surface area contributed by atoms with Crippen molar-refractivity contribution in [3.8, 4) is 29.0 Å². The minimum Gasteiger partial charge on any atom is -0.476 e. The monoisotopic (exact) mass is 756 g/mol. The molecule has 52 heavy (non-hydrogen) atoms. The molecule has 2 saturated heterocycles. The Bertz CT molecular complexity index is 1860. The fourth-order valence-electron chi connectivity index (χ4n) is 5.53. The topological polar surface area (TPSA) is 181 Å². The number of halogens is 2. The van der Waals surface area contributed by atoms with Crippen molar-refractivity contribution in [2.45, 2.75) is 13.5 Å². The number of imidazole rings is 1. The van der Waals surface area contributed by atoms with E-state index in [9.17, 15) is 4.79 Å². The zero-order valence-corrected chi connectivity index (χ0v) is 30.4. The molecule has 16 nitrogen and oxygen atoms in total. The van der Waals surface area contributed by atoms with Gasteiger partial charge in [-0.25, -0.2) is 19.6 Å². The van der Waals surface area contributed by atoms with Gasteiger partial charge in [0.1, 0.15) is 17.9 Å². The number of anilines is 2. The molecule has 4 aromatic heterocycles. The molecule has 2 aliphatic heterocycles. The lowest BCUT2D eigenvalue weighted by atomic mass is 10.2. The van der Waals surface area contributed by atoms with E-state index in [1.165, 1.54) is 6.20 Å². The highest BCUT2D eigenvalue weighted by atomic mass is 35.5. The van der Waals surface area contributed by atoms with Crippen LogP contribution in [-0.4, -0.2) is 124 Å². The molecule has 1 aromatic carbocycles. The number of nitrogen functional groups attached to an aromatic ring is 1. The molecule has 278 valence electrons. The van der Waals surface area contributed by atoms with E-state index in [0.717, 1.165) is 77.1 Å². The van der Waals surface area contributed by atoms with Crippen LogP contribution in [0, 0.1) is 0 Å². The van der Waals surface area contributed by atoms with Crippen molar-refractivity contribution >= 4 is 52.5 Å². The second-order valence-electron chi connectivity index (χ2n) is 11.6. The Morgan fingerprint density at radius 3 is 2.33 bits per heavy atom. The summed E-state index contributed by atoms with van der Waals surface area (Å²) in [6, 6.07) is 12.2. The number of nitrogens with zero attached hydrogens (tertiary/aromatic N) is 8. The van der Waals surface area contributed by atoms with E-state index in [1.807, 2.05) is 11.5 Å². The van der Waals surface area contributed by atoms with Gasteiger partial charge in [0, 0.05) is 81.8 Å². The predicted molar refractivity (Wildman–Crippen MR) is 198 cm³/mol. The molecule has 6 heterocycles. The van der Waals surface area contributed by atoms with Crippen molar-refractivity contribution in [3.63, 3.8) is 0 Å². The van der Waals surface area contributed by atoms with Crippen LogP contribution in [0.5, 0.6) is 17.5 Å². The van der Waals surface area contributed by atoms with Crippen molar-refractivity contribution in [2.75, 3.05) is 89.2 Å². The highest BCUT2D eigenvalue weighted by molar-refractivity contribution is 6.18. The van der Waals surface area contributed by atoms with Gasteiger partial charge in [-0.2, -0.15) is 0 Å². The first-order valence-electron chi connectivity index (χ1n) is 16.8. The minimum atomic E-state index is -0.306. The Kier molecular flexibility index (Phi) is 14.4. The number of morpholine rings is 2. The van der Waals surface area contributed by atoms with Gasteiger partial charge in [-0.15, -0.1) is 24.0 Å². The van der Waals surface area contributed by atoms with Crippen LogP contribution in [0.1, 0.15) is 17.3 Å². The Morgan fingerprint density at radius 1 is 0.942 bits per heavy atom. The van der Waals surface area contributed by atoms with Gasteiger partial charge in [-0.05, 0) is 35.4 Å². The molecule has 0 radical (unpaired) electrons. The second-order valence-corrected chi connectivity index (χ2v) is 12.0. The first-order valence-corrected chi connectivity index (χ1v) is 17.3. The number of aromatic nitrogens is 6. The number of nitrogens with one attached hydrogen (secondary N) is 1. The minimum absolute atomic E-state index is 0. The molecule has 7 rings (SSSR count). The molecule has 1 amide bonds. The van der Waals surface area contributed by atoms with Crippen LogP contribution in [-0.2, 0) is 16.0 Å². The van der Waals surface area contributed by atoms with Crippen molar-refractivity contribution in [1.82, 2.24) is 39.6 Å². The Hall–Kier alpha value is -4.58. The molecule has 3 N–H and O–H groups in total. The molecular formula is C34H42Cl2N10O6. The van der Waals surface area contributed by atoms with E-state index in [4.69, 9.17) is 40.9 Å². The van der Waals surface area contributed by atoms with Gasteiger partial charge in [-0.3, -0.25) is 14.6 Å². The number of carbonyl (C=O) groups is 1. The molecule has 0 bridgehead atoms. The van der Waals surface area contributed by atoms with Gasteiger partial charge in [0.05, 0.1) is 43.7 Å². The standard InChI is InChI=1S/C28H29N9O5.C6H12ClNO.ClH/c1-2-37-22-15-24(31-17-21(22)33-27(37)25-26(29)35-42-34-25)41-20-5-3-4-19(14-20)32-28(38)18-6-7-23(30-16-18)40-13-10-36-8-11-39-12-9-36;7-1-2-8-3-5-9-6-4-8;/h3-7,14-17H,2,8-13H2,1H3,(H2,29,35)(H,32,38);1-6H2;1H. The summed E-state index contributed by atoms with van der Waals surface area (Å²) in [5.74, 6) is 2.43. The van der Waals surface area contributed by atoms with Crippen LogP contribution in [0.4, 0.5) is 11.5 Å². The van der Waals surface area contributed by atoms with Crippen LogP contribution in [0.15, 0.2) is 59.5 Å². The molecular weight excluding hydrogens is 715 g/mol. The van der Waals surface area contributed by atoms with E-state index in [0.29, 0.717) is 58.9 Å². The first kappa shape index (κ1) is 38.6. The number of ether oxygens (including phenoxy) is 4. The van der Waals surface area contributed by atoms with Gasteiger partial charge in [-0.1, -0.05) is 6.07 Å². The molecule has 0 atom stereocenters. The smallest absolute Gasteiger partial charge is 0.257 e. The molecule has 0 aliphatic carbocycles. The van der Waals surface area contributed by atoms with Crippen LogP contribution in [0.3, 0.4) is 0 Å². The summed E-state index contributed by atoms with van der Waals surface area (Å²) in [5, 5.41) is 10.4. The third-order valence-corrected chi connectivity index (χ3v) is 8.40. The molecule has 2 fully saturated rings.